The smallest absolute Gasteiger partial charge is 0.420 e. The van der Waals surface area contributed by atoms with Crippen molar-refractivity contribution in [3.63, 3.8) is 0 Å². The number of hydrogen-bond donors (Lipinski definition) is 1. The predicted molar refractivity (Wildman–Crippen MR) is 101 cm³/mol. The van der Waals surface area contributed by atoms with Crippen LogP contribution in [0.5, 0.6) is 5.75 Å². The van der Waals surface area contributed by atoms with Crippen molar-refractivity contribution in [1.82, 2.24) is 20.2 Å². The second-order valence-corrected chi connectivity index (χ2v) is 7.02. The maximum Gasteiger partial charge on any atom is 0.487 e. The summed E-state index contributed by atoms with van der Waals surface area (Å²) in [6.07, 6.45) is 0. The molecule has 3 rings (SSSR count). The molecule has 0 radical (unpaired) electrons. The van der Waals surface area contributed by atoms with E-state index in [0.717, 1.165) is 11.8 Å². The van der Waals surface area contributed by atoms with Crippen LogP contribution in [0.1, 0.15) is 0 Å². The van der Waals surface area contributed by atoms with Gasteiger partial charge in [0.2, 0.25) is 11.1 Å². The van der Waals surface area contributed by atoms with E-state index in [4.69, 9.17) is 23.2 Å². The fraction of sp³-hybridized carbons (Fsp3) is 0.125. The number of anilines is 1. The molecule has 0 aliphatic rings. The van der Waals surface area contributed by atoms with Crippen LogP contribution in [0.2, 0.25) is 5.02 Å². The SMILES string of the molecule is O=C(CSc1nnnn1-c1ccccc1Cl)Nc1ccc(OC(F)(F)Cl)cc1. The molecule has 0 bridgehead atoms. The molecule has 0 unspecified atom stereocenters. The minimum Gasteiger partial charge on any atom is -0.420 e. The molecule has 0 aliphatic carbocycles. The zero-order chi connectivity index (χ0) is 20.1. The average molecular weight is 446 g/mol. The van der Waals surface area contributed by atoms with Crippen LogP contribution < -0.4 is 10.1 Å². The number of ether oxygens (including phenoxy) is 1. The fourth-order valence-electron chi connectivity index (χ4n) is 2.11. The topological polar surface area (TPSA) is 81.9 Å². The number of halogens is 4. The number of amides is 1. The highest BCUT2D eigenvalue weighted by Gasteiger charge is 2.27. The molecule has 1 heterocycles. The monoisotopic (exact) mass is 445 g/mol. The first-order valence-corrected chi connectivity index (χ1v) is 9.38. The van der Waals surface area contributed by atoms with E-state index in [1.54, 1.807) is 24.3 Å². The second-order valence-electron chi connectivity index (χ2n) is 5.23. The van der Waals surface area contributed by atoms with Crippen molar-refractivity contribution in [2.75, 3.05) is 11.1 Å². The molecule has 0 saturated carbocycles. The van der Waals surface area contributed by atoms with Crippen molar-refractivity contribution in [3.8, 4) is 11.4 Å². The second kappa shape index (κ2) is 8.72. The Labute approximate surface area is 172 Å². The standard InChI is InChI=1S/C16H11Cl2F2N5O2S/c17-12-3-1-2-4-13(12)25-15(22-23-24-25)28-9-14(26)21-10-5-7-11(8-6-10)27-16(18,19)20/h1-8H,9H2,(H,21,26). The van der Waals surface area contributed by atoms with Crippen LogP contribution in [-0.4, -0.2) is 37.4 Å². The number of nitrogens with zero attached hydrogens (tertiary/aromatic N) is 4. The van der Waals surface area contributed by atoms with Gasteiger partial charge in [-0.15, -0.1) is 13.9 Å². The Bertz CT molecular complexity index is 966. The van der Waals surface area contributed by atoms with E-state index >= 15 is 0 Å². The number of nitrogens with one attached hydrogen (secondary N) is 1. The molecule has 0 atom stereocenters. The minimum atomic E-state index is -3.80. The van der Waals surface area contributed by atoms with Gasteiger partial charge in [-0.05, 0) is 46.8 Å². The molecule has 28 heavy (non-hydrogen) atoms. The maximum atomic E-state index is 12.6. The predicted octanol–water partition coefficient (Wildman–Crippen LogP) is 4.21. The normalized spacial score (nSPS) is 11.3. The zero-order valence-electron chi connectivity index (χ0n) is 13.9. The number of tetrazole rings is 1. The molecule has 7 nitrogen and oxygen atoms in total. The highest BCUT2D eigenvalue weighted by molar-refractivity contribution is 7.99. The highest BCUT2D eigenvalue weighted by Crippen LogP contribution is 2.26. The fourth-order valence-corrected chi connectivity index (χ4v) is 3.10. The lowest BCUT2D eigenvalue weighted by molar-refractivity contribution is -0.113. The molecule has 2 aromatic carbocycles. The Morgan fingerprint density at radius 3 is 2.61 bits per heavy atom. The quantitative estimate of drug-likeness (QED) is 0.433. The van der Waals surface area contributed by atoms with Gasteiger partial charge in [0.05, 0.1) is 16.5 Å². The minimum absolute atomic E-state index is 0.0167. The number of para-hydroxylation sites is 1. The average Bonchev–Trinajstić information content (AvgIpc) is 3.09. The van der Waals surface area contributed by atoms with Crippen LogP contribution in [0.3, 0.4) is 0 Å². The molecule has 146 valence electrons. The molecule has 1 aromatic heterocycles. The summed E-state index contributed by atoms with van der Waals surface area (Å²) in [6.45, 7) is 0. The summed E-state index contributed by atoms with van der Waals surface area (Å²) in [5.41, 5.74) is -2.81. The first kappa shape index (κ1) is 20.3. The maximum absolute atomic E-state index is 12.6. The summed E-state index contributed by atoms with van der Waals surface area (Å²) >= 11 is 11.9. The van der Waals surface area contributed by atoms with Crippen LogP contribution in [0.4, 0.5) is 14.5 Å². The summed E-state index contributed by atoms with van der Waals surface area (Å²) in [5, 5.41) is 14.8. The molecule has 0 aliphatic heterocycles. The number of thioether (sulfide) groups is 1. The van der Waals surface area contributed by atoms with Gasteiger partial charge in [0, 0.05) is 17.3 Å². The van der Waals surface area contributed by atoms with Gasteiger partial charge in [-0.2, -0.15) is 4.68 Å². The van der Waals surface area contributed by atoms with Gasteiger partial charge in [0.1, 0.15) is 5.75 Å². The van der Waals surface area contributed by atoms with E-state index in [1.807, 2.05) is 0 Å². The molecule has 1 amide bonds. The van der Waals surface area contributed by atoms with Crippen molar-refractivity contribution in [2.24, 2.45) is 0 Å². The molecule has 3 aromatic rings. The molecule has 0 spiro atoms. The van der Waals surface area contributed by atoms with E-state index in [0.29, 0.717) is 21.6 Å². The van der Waals surface area contributed by atoms with Gasteiger partial charge in [0.25, 0.3) is 0 Å². The third-order valence-electron chi connectivity index (χ3n) is 3.23. The number of carbonyl (C=O) groups is 1. The zero-order valence-corrected chi connectivity index (χ0v) is 16.2. The number of benzene rings is 2. The lowest BCUT2D eigenvalue weighted by Crippen LogP contribution is -2.16. The van der Waals surface area contributed by atoms with Gasteiger partial charge < -0.3 is 10.1 Å². The lowest BCUT2D eigenvalue weighted by atomic mass is 10.3. The lowest BCUT2D eigenvalue weighted by Gasteiger charge is -2.11. The largest absolute Gasteiger partial charge is 0.487 e. The van der Waals surface area contributed by atoms with E-state index in [-0.39, 0.29) is 17.4 Å². The van der Waals surface area contributed by atoms with Gasteiger partial charge in [-0.3, -0.25) is 4.79 Å². The Hall–Kier alpha value is -2.43. The Morgan fingerprint density at radius 2 is 1.93 bits per heavy atom. The summed E-state index contributed by atoms with van der Waals surface area (Å²) in [7, 11) is 0. The first-order chi connectivity index (χ1) is 13.3. The van der Waals surface area contributed by atoms with Gasteiger partial charge in [0.15, 0.2) is 0 Å². The van der Waals surface area contributed by atoms with E-state index in [9.17, 15) is 13.6 Å². The number of alkyl halides is 3. The van der Waals surface area contributed by atoms with Crippen molar-refractivity contribution < 1.29 is 18.3 Å². The number of hydrogen-bond acceptors (Lipinski definition) is 6. The van der Waals surface area contributed by atoms with Crippen molar-refractivity contribution in [1.29, 1.82) is 0 Å². The Balaban J connectivity index is 1.59. The van der Waals surface area contributed by atoms with Crippen LogP contribution in [0, 0.1) is 0 Å². The summed E-state index contributed by atoms with van der Waals surface area (Å²) in [4.78, 5) is 12.1. The van der Waals surface area contributed by atoms with E-state index < -0.39 is 5.57 Å². The molecular formula is C16H11Cl2F2N5O2S. The van der Waals surface area contributed by atoms with Crippen molar-refractivity contribution in [3.05, 3.63) is 53.6 Å². The van der Waals surface area contributed by atoms with Crippen LogP contribution in [0.15, 0.2) is 53.7 Å². The van der Waals surface area contributed by atoms with Gasteiger partial charge in [-0.25, -0.2) is 0 Å². The Morgan fingerprint density at radius 1 is 1.21 bits per heavy atom. The summed E-state index contributed by atoms with van der Waals surface area (Å²) < 4.78 is 30.8. The van der Waals surface area contributed by atoms with E-state index in [1.165, 1.54) is 28.9 Å². The number of aromatic nitrogens is 4. The van der Waals surface area contributed by atoms with Gasteiger partial charge >= 0.3 is 5.57 Å². The summed E-state index contributed by atoms with van der Waals surface area (Å²) in [6, 6.07) is 12.4. The van der Waals surface area contributed by atoms with Crippen molar-refractivity contribution >= 4 is 46.6 Å². The molecule has 1 N–H and O–H groups in total. The third-order valence-corrected chi connectivity index (χ3v) is 4.54. The molecular weight excluding hydrogens is 435 g/mol. The number of rotatable bonds is 7. The third kappa shape index (κ3) is 5.54. The molecule has 12 heteroatoms. The van der Waals surface area contributed by atoms with Crippen LogP contribution >= 0.6 is 35.0 Å². The molecule has 0 saturated heterocycles. The van der Waals surface area contributed by atoms with Crippen LogP contribution in [0.25, 0.3) is 5.69 Å². The first-order valence-electron chi connectivity index (χ1n) is 7.63. The van der Waals surface area contributed by atoms with E-state index in [2.05, 4.69) is 25.6 Å². The molecule has 0 fully saturated rings. The number of carbonyl (C=O) groups excluding carboxylic acids is 1. The highest BCUT2D eigenvalue weighted by atomic mass is 35.5. The van der Waals surface area contributed by atoms with Crippen molar-refractivity contribution in [2.45, 2.75) is 10.7 Å². The summed E-state index contributed by atoms with van der Waals surface area (Å²) in [5.74, 6) is -0.454. The Kier molecular flexibility index (Phi) is 6.32. The van der Waals surface area contributed by atoms with Gasteiger partial charge in [-0.1, -0.05) is 35.5 Å². The van der Waals surface area contributed by atoms with Crippen LogP contribution in [-0.2, 0) is 4.79 Å².